The highest BCUT2D eigenvalue weighted by atomic mass is 32.2. The molecule has 1 aliphatic rings. The van der Waals surface area contributed by atoms with E-state index in [-0.39, 0.29) is 40.6 Å². The normalized spacial score (nSPS) is 13.4. The topological polar surface area (TPSA) is 219 Å². The zero-order valence-corrected chi connectivity index (χ0v) is 33.4. The number of aryl methyl sites for hydroxylation is 2. The molecule has 0 aliphatic carbocycles. The molecule has 4 heterocycles. The molecule has 4 N–H and O–H groups in total. The summed E-state index contributed by atoms with van der Waals surface area (Å²) in [5.41, 5.74) is 7.45. The molecular weight excluding hydrogens is 787 g/mol. The lowest BCUT2D eigenvalue weighted by molar-refractivity contribution is -0.137. The van der Waals surface area contributed by atoms with E-state index in [2.05, 4.69) is 32.1 Å². The first-order valence-electron chi connectivity index (χ1n) is 18.2. The van der Waals surface area contributed by atoms with Gasteiger partial charge in [0.1, 0.15) is 22.9 Å². The number of H-pyrrole nitrogens is 1. The molecule has 14 nitrogen and oxygen atoms in total. The minimum Gasteiger partial charge on any atom is -0.481 e. The number of nitrogens with one attached hydrogen (secondary N) is 3. The summed E-state index contributed by atoms with van der Waals surface area (Å²) in [7, 11) is -4.03. The van der Waals surface area contributed by atoms with Crippen LogP contribution in [-0.2, 0) is 21.4 Å². The van der Waals surface area contributed by atoms with Crippen LogP contribution in [0.4, 0.5) is 5.69 Å². The van der Waals surface area contributed by atoms with E-state index in [1.165, 1.54) is 30.5 Å². The van der Waals surface area contributed by atoms with Gasteiger partial charge in [0.25, 0.3) is 15.9 Å². The molecule has 0 radical (unpaired) electrons. The minimum atomic E-state index is -4.03. The van der Waals surface area contributed by atoms with Gasteiger partial charge in [0.15, 0.2) is 5.82 Å². The van der Waals surface area contributed by atoms with Gasteiger partial charge in [0, 0.05) is 39.7 Å². The van der Waals surface area contributed by atoms with E-state index in [1.807, 2.05) is 67.0 Å². The van der Waals surface area contributed by atoms with Crippen molar-refractivity contribution in [1.82, 2.24) is 25.1 Å². The maximum Gasteiger partial charge on any atom is 0.306 e. The number of thiophene rings is 1. The third-order valence-electron chi connectivity index (χ3n) is 10.3. The smallest absolute Gasteiger partial charge is 0.306 e. The lowest BCUT2D eigenvalue weighted by Gasteiger charge is -2.12. The van der Waals surface area contributed by atoms with E-state index in [9.17, 15) is 33.6 Å². The fraction of sp³-hybridized carbons (Fsp3) is 0.140. The molecule has 16 heteroatoms. The standard InChI is InChI=1S/C43H33N9O5S2/c1-23-24(2)58-43-37(23)39(48-35(18-36(53)54)41-50-49-25(3)52(41)43)29-10-6-27(7-11-29)28-8-12-30(13-9-28)42(55)47-21-26-4-15-33(16-5-26)59(56,57)51-34-17-14-31(19-44)38-32(20-45)22-46-40(34)38/h4-17,22,35,46,51H,18,21H2,1-3H3,(H,47,55)(H,53,54)/t35-/m0/s1. The molecule has 1 atom stereocenters. The molecule has 1 amide bonds. The number of benzene rings is 4. The lowest BCUT2D eigenvalue weighted by Crippen LogP contribution is -2.22. The third-order valence-corrected chi connectivity index (χ3v) is 12.8. The predicted octanol–water partition coefficient (Wildman–Crippen LogP) is 7.24. The van der Waals surface area contributed by atoms with Crippen molar-refractivity contribution in [2.24, 2.45) is 4.99 Å². The Kier molecular flexibility index (Phi) is 9.89. The summed E-state index contributed by atoms with van der Waals surface area (Å²) in [4.78, 5) is 34.0. The van der Waals surface area contributed by atoms with Gasteiger partial charge in [-0.1, -0.05) is 48.5 Å². The molecule has 0 saturated heterocycles. The summed E-state index contributed by atoms with van der Waals surface area (Å²) < 4.78 is 31.0. The largest absolute Gasteiger partial charge is 0.481 e. The number of anilines is 1. The van der Waals surface area contributed by atoms with Crippen LogP contribution in [0.2, 0.25) is 0 Å². The number of aromatic amines is 1. The number of aliphatic imine (C=N–C) groups is 1. The van der Waals surface area contributed by atoms with Gasteiger partial charge in [-0.2, -0.15) is 10.5 Å². The van der Waals surface area contributed by atoms with Gasteiger partial charge in [-0.15, -0.1) is 21.5 Å². The number of carbonyl (C=O) groups is 2. The number of nitriles is 2. The zero-order valence-electron chi connectivity index (χ0n) is 31.7. The Balaban J connectivity index is 0.941. The summed E-state index contributed by atoms with van der Waals surface area (Å²) in [5.74, 6) is -0.123. The molecule has 4 aromatic carbocycles. The van der Waals surface area contributed by atoms with E-state index < -0.39 is 22.0 Å². The Morgan fingerprint density at radius 3 is 2.20 bits per heavy atom. The summed E-state index contributed by atoms with van der Waals surface area (Å²) in [6.45, 7) is 6.10. The van der Waals surface area contributed by atoms with Crippen molar-refractivity contribution in [3.8, 4) is 28.3 Å². The van der Waals surface area contributed by atoms with Gasteiger partial charge < -0.3 is 15.4 Å². The van der Waals surface area contributed by atoms with Crippen LogP contribution in [-0.4, -0.2) is 50.9 Å². The molecule has 0 unspecified atom stereocenters. The van der Waals surface area contributed by atoms with Crippen molar-refractivity contribution in [3.05, 3.63) is 147 Å². The fourth-order valence-corrected chi connectivity index (χ4v) is 9.40. The fourth-order valence-electron chi connectivity index (χ4n) is 7.11. The minimum absolute atomic E-state index is 0.00729. The van der Waals surface area contributed by atoms with E-state index in [0.717, 1.165) is 37.7 Å². The van der Waals surface area contributed by atoms with E-state index in [0.29, 0.717) is 39.4 Å². The second kappa shape index (κ2) is 15.2. The van der Waals surface area contributed by atoms with Crippen molar-refractivity contribution in [2.45, 2.75) is 44.7 Å². The quantitative estimate of drug-likeness (QED) is 0.109. The molecule has 7 aromatic rings. The van der Waals surface area contributed by atoms with Crippen LogP contribution >= 0.6 is 11.3 Å². The van der Waals surface area contributed by atoms with Crippen LogP contribution in [0.3, 0.4) is 0 Å². The number of sulfonamides is 1. The maximum absolute atomic E-state index is 13.3. The van der Waals surface area contributed by atoms with Crippen LogP contribution in [0.5, 0.6) is 0 Å². The first kappa shape index (κ1) is 38.5. The molecule has 0 fully saturated rings. The molecular formula is C43H33N9O5S2. The van der Waals surface area contributed by atoms with Crippen molar-refractivity contribution < 1.29 is 23.1 Å². The Labute approximate surface area is 342 Å². The molecule has 3 aromatic heterocycles. The molecule has 0 saturated carbocycles. The van der Waals surface area contributed by atoms with Gasteiger partial charge in [-0.05, 0) is 79.4 Å². The molecule has 1 aliphatic heterocycles. The van der Waals surface area contributed by atoms with Gasteiger partial charge in [0.2, 0.25) is 0 Å². The number of fused-ring (bicyclic) bond motifs is 4. The van der Waals surface area contributed by atoms with E-state index in [1.54, 1.807) is 35.6 Å². The predicted molar refractivity (Wildman–Crippen MR) is 222 cm³/mol. The Bertz CT molecular complexity index is 3060. The molecule has 292 valence electrons. The number of hydrogen-bond acceptors (Lipinski definition) is 10. The van der Waals surface area contributed by atoms with Gasteiger partial charge in [-0.25, -0.2) is 8.42 Å². The van der Waals surface area contributed by atoms with E-state index in [4.69, 9.17) is 4.99 Å². The number of rotatable bonds is 10. The molecule has 59 heavy (non-hydrogen) atoms. The van der Waals surface area contributed by atoms with Crippen LogP contribution in [0.1, 0.15) is 72.7 Å². The SMILES string of the molecule is Cc1sc2c(c1C)C(c1ccc(-c3ccc(C(=O)NCc4ccc(S(=O)(=O)Nc5ccc(C#N)c6c(C#N)c[nH]c56)cc4)cc3)cc1)=N[C@@H](CC(=O)O)c1nnc(C)n1-2. The first-order valence-corrected chi connectivity index (χ1v) is 20.5. The first-order chi connectivity index (χ1) is 28.4. The second-order valence-electron chi connectivity index (χ2n) is 13.9. The van der Waals surface area contributed by atoms with Crippen LogP contribution in [0, 0.1) is 43.4 Å². The maximum atomic E-state index is 13.3. The average molecular weight is 820 g/mol. The lowest BCUT2D eigenvalue weighted by atomic mass is 9.96. The Hall–Kier alpha value is -7.40. The number of carboxylic acid groups (broad SMARTS) is 1. The van der Waals surface area contributed by atoms with Crippen molar-refractivity contribution in [2.75, 3.05) is 4.72 Å². The summed E-state index contributed by atoms with van der Waals surface area (Å²) in [5, 5.41) is 41.3. The van der Waals surface area contributed by atoms with Crippen LogP contribution in [0.15, 0.2) is 101 Å². The molecule has 8 rings (SSSR count). The van der Waals surface area contributed by atoms with Crippen molar-refractivity contribution >= 4 is 55.5 Å². The van der Waals surface area contributed by atoms with Crippen LogP contribution in [0.25, 0.3) is 27.0 Å². The number of aromatic nitrogens is 4. The highest BCUT2D eigenvalue weighted by molar-refractivity contribution is 7.92. The van der Waals surface area contributed by atoms with Gasteiger partial charge >= 0.3 is 5.97 Å². The number of aliphatic carboxylic acids is 1. The number of carboxylic acids is 1. The molecule has 0 bridgehead atoms. The van der Waals surface area contributed by atoms with Crippen molar-refractivity contribution in [1.29, 1.82) is 10.5 Å². The Morgan fingerprint density at radius 1 is 0.881 bits per heavy atom. The summed E-state index contributed by atoms with van der Waals surface area (Å²) >= 11 is 1.60. The highest BCUT2D eigenvalue weighted by Gasteiger charge is 2.32. The highest BCUT2D eigenvalue weighted by Crippen LogP contribution is 2.40. The van der Waals surface area contributed by atoms with E-state index >= 15 is 0 Å². The number of carbonyl (C=O) groups excluding carboxylic acids is 1. The van der Waals surface area contributed by atoms with Crippen LogP contribution < -0.4 is 10.0 Å². The average Bonchev–Trinajstić information content (AvgIpc) is 3.91. The monoisotopic (exact) mass is 819 g/mol. The zero-order chi connectivity index (χ0) is 41.6. The second-order valence-corrected chi connectivity index (χ2v) is 16.8. The van der Waals surface area contributed by atoms with Crippen molar-refractivity contribution in [3.63, 3.8) is 0 Å². The summed E-state index contributed by atoms with van der Waals surface area (Å²) in [6, 6.07) is 27.4. The molecule has 0 spiro atoms. The summed E-state index contributed by atoms with van der Waals surface area (Å²) in [6.07, 6.45) is 1.20. The Morgan fingerprint density at radius 2 is 1.54 bits per heavy atom. The third kappa shape index (κ3) is 7.12. The number of amides is 1. The number of hydrogen-bond donors (Lipinski definition) is 4. The van der Waals surface area contributed by atoms with Gasteiger partial charge in [-0.3, -0.25) is 23.9 Å². The van der Waals surface area contributed by atoms with Gasteiger partial charge in [0.05, 0.1) is 45.4 Å². The number of nitrogens with zero attached hydrogens (tertiary/aromatic N) is 6.